The highest BCUT2D eigenvalue weighted by atomic mass is 32.2. The van der Waals surface area contributed by atoms with Crippen LogP contribution in [-0.4, -0.2) is 32.4 Å². The third-order valence-corrected chi connectivity index (χ3v) is 5.92. The van der Waals surface area contributed by atoms with Crippen LogP contribution < -0.4 is 0 Å². The fourth-order valence-corrected chi connectivity index (χ4v) is 4.70. The van der Waals surface area contributed by atoms with Crippen molar-refractivity contribution in [1.82, 2.24) is 0 Å². The summed E-state index contributed by atoms with van der Waals surface area (Å²) < 4.78 is 28.5. The molecule has 5 nitrogen and oxygen atoms in total. The molecular weight excluding hydrogens is 288 g/mol. The molecule has 0 saturated heterocycles. The van der Waals surface area contributed by atoms with Crippen LogP contribution in [0.2, 0.25) is 0 Å². The SMILES string of the molecule is CCc1cc2c(cc1C(=O)OC)S(=O)(=O)C(=O)CS2. The summed E-state index contributed by atoms with van der Waals surface area (Å²) in [5, 5.41) is -0.829. The molecule has 0 amide bonds. The Morgan fingerprint density at radius 3 is 2.68 bits per heavy atom. The van der Waals surface area contributed by atoms with Crippen molar-refractivity contribution >= 4 is 32.7 Å². The molecule has 1 aromatic rings. The van der Waals surface area contributed by atoms with Crippen LogP contribution in [0, 0.1) is 0 Å². The van der Waals surface area contributed by atoms with Gasteiger partial charge in [-0.1, -0.05) is 6.92 Å². The van der Waals surface area contributed by atoms with E-state index < -0.39 is 20.9 Å². The lowest BCUT2D eigenvalue weighted by Gasteiger charge is -2.17. The summed E-state index contributed by atoms with van der Waals surface area (Å²) in [5.74, 6) is -0.686. The van der Waals surface area contributed by atoms with Gasteiger partial charge in [0.25, 0.3) is 5.12 Å². The summed E-state index contributed by atoms with van der Waals surface area (Å²) in [6.45, 7) is 1.86. The number of sulfone groups is 1. The van der Waals surface area contributed by atoms with Gasteiger partial charge in [-0.3, -0.25) is 4.79 Å². The molecule has 0 radical (unpaired) electrons. The monoisotopic (exact) mass is 300 g/mol. The Morgan fingerprint density at radius 2 is 2.11 bits per heavy atom. The summed E-state index contributed by atoms with van der Waals surface area (Å²) in [6, 6.07) is 2.90. The van der Waals surface area contributed by atoms with Crippen molar-refractivity contribution in [3.8, 4) is 0 Å². The molecule has 0 fully saturated rings. The van der Waals surface area contributed by atoms with Gasteiger partial charge < -0.3 is 4.74 Å². The van der Waals surface area contributed by atoms with Crippen LogP contribution in [0.5, 0.6) is 0 Å². The van der Waals surface area contributed by atoms with Crippen LogP contribution in [0.1, 0.15) is 22.8 Å². The zero-order valence-electron chi connectivity index (χ0n) is 10.4. The summed E-state index contributed by atoms with van der Waals surface area (Å²) in [5.41, 5.74) is 0.908. The van der Waals surface area contributed by atoms with E-state index in [4.69, 9.17) is 0 Å². The number of carbonyl (C=O) groups excluding carboxylic acids is 2. The summed E-state index contributed by atoms with van der Waals surface area (Å²) >= 11 is 1.18. The fraction of sp³-hybridized carbons (Fsp3) is 0.333. The first-order valence-corrected chi connectivity index (χ1v) is 8.04. The third kappa shape index (κ3) is 2.28. The van der Waals surface area contributed by atoms with Crippen molar-refractivity contribution in [2.24, 2.45) is 0 Å². The molecule has 19 heavy (non-hydrogen) atoms. The number of fused-ring (bicyclic) bond motifs is 1. The lowest BCUT2D eigenvalue weighted by atomic mass is 10.1. The van der Waals surface area contributed by atoms with Gasteiger partial charge in [-0.25, -0.2) is 13.2 Å². The largest absolute Gasteiger partial charge is 0.465 e. The van der Waals surface area contributed by atoms with Crippen molar-refractivity contribution < 1.29 is 22.7 Å². The van der Waals surface area contributed by atoms with E-state index in [0.29, 0.717) is 16.9 Å². The summed E-state index contributed by atoms with van der Waals surface area (Å²) in [4.78, 5) is 23.5. The second-order valence-electron chi connectivity index (χ2n) is 3.97. The van der Waals surface area contributed by atoms with Gasteiger partial charge in [0.1, 0.15) is 0 Å². The lowest BCUT2D eigenvalue weighted by molar-refractivity contribution is -0.109. The van der Waals surface area contributed by atoms with Gasteiger partial charge in [-0.15, -0.1) is 11.8 Å². The van der Waals surface area contributed by atoms with Crippen LogP contribution in [-0.2, 0) is 25.8 Å². The van der Waals surface area contributed by atoms with Gasteiger partial charge in [0, 0.05) is 4.90 Å². The molecule has 1 aliphatic heterocycles. The van der Waals surface area contributed by atoms with E-state index in [1.165, 1.54) is 24.9 Å². The molecule has 0 N–H and O–H groups in total. The van der Waals surface area contributed by atoms with Gasteiger partial charge in [0.15, 0.2) is 0 Å². The Kier molecular flexibility index (Phi) is 3.69. The minimum Gasteiger partial charge on any atom is -0.465 e. The standard InChI is InChI=1S/C12H12O5S2/c1-3-7-4-9-10(5-8(7)12(14)17-2)19(15,16)11(13)6-18-9/h4-5H,3,6H2,1-2H3. The molecule has 102 valence electrons. The molecule has 0 aliphatic carbocycles. The molecule has 0 saturated carbocycles. The van der Waals surface area contributed by atoms with E-state index in [1.54, 1.807) is 6.07 Å². The number of aryl methyl sites for hydroxylation is 1. The molecule has 1 aliphatic rings. The topological polar surface area (TPSA) is 77.5 Å². The number of ether oxygens (including phenoxy) is 1. The summed E-state index contributed by atoms with van der Waals surface area (Å²) in [6.07, 6.45) is 0.576. The lowest BCUT2D eigenvalue weighted by Crippen LogP contribution is -2.23. The van der Waals surface area contributed by atoms with Crippen molar-refractivity contribution in [3.63, 3.8) is 0 Å². The molecule has 0 spiro atoms. The van der Waals surface area contributed by atoms with Crippen LogP contribution in [0.15, 0.2) is 21.9 Å². The van der Waals surface area contributed by atoms with Crippen LogP contribution in [0.4, 0.5) is 0 Å². The predicted octanol–water partition coefficient (Wildman–Crippen LogP) is 1.44. The Bertz CT molecular complexity index is 661. The van der Waals surface area contributed by atoms with Crippen LogP contribution >= 0.6 is 11.8 Å². The molecule has 1 heterocycles. The average molecular weight is 300 g/mol. The maximum Gasteiger partial charge on any atom is 0.338 e. The van der Waals surface area contributed by atoms with E-state index in [1.807, 2.05) is 6.92 Å². The first-order valence-electron chi connectivity index (χ1n) is 5.57. The van der Waals surface area contributed by atoms with Gasteiger partial charge in [0.2, 0.25) is 9.84 Å². The van der Waals surface area contributed by atoms with E-state index in [-0.39, 0.29) is 16.2 Å². The Balaban J connectivity index is 2.72. The zero-order chi connectivity index (χ0) is 14.2. The molecule has 7 heteroatoms. The molecule has 0 aromatic heterocycles. The second kappa shape index (κ2) is 4.97. The highest BCUT2D eigenvalue weighted by Crippen LogP contribution is 2.35. The quantitative estimate of drug-likeness (QED) is 0.769. The van der Waals surface area contributed by atoms with Crippen molar-refractivity contribution in [1.29, 1.82) is 0 Å². The first-order chi connectivity index (χ1) is 8.91. The van der Waals surface area contributed by atoms with Crippen molar-refractivity contribution in [2.45, 2.75) is 23.1 Å². The first kappa shape index (κ1) is 14.1. The molecule has 0 unspecified atom stereocenters. The number of thioether (sulfide) groups is 1. The number of carbonyl (C=O) groups is 2. The van der Waals surface area contributed by atoms with E-state index in [0.717, 1.165) is 0 Å². The van der Waals surface area contributed by atoms with Crippen LogP contribution in [0.25, 0.3) is 0 Å². The second-order valence-corrected chi connectivity index (χ2v) is 6.88. The van der Waals surface area contributed by atoms with Crippen LogP contribution in [0.3, 0.4) is 0 Å². The number of rotatable bonds is 2. The Labute approximate surface area is 115 Å². The normalized spacial score (nSPS) is 16.8. The van der Waals surface area contributed by atoms with Crippen molar-refractivity contribution in [2.75, 3.05) is 12.9 Å². The van der Waals surface area contributed by atoms with E-state index >= 15 is 0 Å². The zero-order valence-corrected chi connectivity index (χ0v) is 12.1. The van der Waals surface area contributed by atoms with E-state index in [2.05, 4.69) is 4.74 Å². The molecule has 0 atom stereocenters. The minimum atomic E-state index is -3.98. The number of hydrogen-bond acceptors (Lipinski definition) is 6. The van der Waals surface area contributed by atoms with Crippen molar-refractivity contribution in [3.05, 3.63) is 23.3 Å². The number of benzene rings is 1. The third-order valence-electron chi connectivity index (χ3n) is 2.89. The molecular formula is C12H12O5S2. The predicted molar refractivity (Wildman–Crippen MR) is 70.1 cm³/mol. The number of esters is 1. The van der Waals surface area contributed by atoms with Gasteiger partial charge in [0.05, 0.1) is 23.3 Å². The molecule has 0 bridgehead atoms. The Morgan fingerprint density at radius 1 is 1.42 bits per heavy atom. The number of methoxy groups -OCH3 is 1. The highest BCUT2D eigenvalue weighted by Gasteiger charge is 2.34. The van der Waals surface area contributed by atoms with Gasteiger partial charge in [-0.2, -0.15) is 0 Å². The maximum absolute atomic E-state index is 12.0. The maximum atomic E-state index is 12.0. The number of hydrogen-bond donors (Lipinski definition) is 0. The fourth-order valence-electron chi connectivity index (χ4n) is 1.85. The average Bonchev–Trinajstić information content (AvgIpc) is 2.41. The summed E-state index contributed by atoms with van der Waals surface area (Å²) in [7, 11) is -2.75. The smallest absolute Gasteiger partial charge is 0.338 e. The Hall–Kier alpha value is -1.34. The molecule has 1 aromatic carbocycles. The van der Waals surface area contributed by atoms with Gasteiger partial charge in [-0.05, 0) is 24.1 Å². The van der Waals surface area contributed by atoms with E-state index in [9.17, 15) is 18.0 Å². The minimum absolute atomic E-state index is 0.0872. The van der Waals surface area contributed by atoms with Gasteiger partial charge >= 0.3 is 5.97 Å². The molecule has 2 rings (SSSR count). The highest BCUT2D eigenvalue weighted by molar-refractivity contribution is 8.12.